The second-order valence-electron chi connectivity index (χ2n) is 7.37. The Labute approximate surface area is 180 Å². The molecule has 0 bridgehead atoms. The van der Waals surface area contributed by atoms with Crippen LogP contribution in [0.3, 0.4) is 0 Å². The van der Waals surface area contributed by atoms with E-state index in [0.717, 1.165) is 34.5 Å². The molecule has 2 aromatic carbocycles. The van der Waals surface area contributed by atoms with Gasteiger partial charge in [-0.25, -0.2) is 4.79 Å². The van der Waals surface area contributed by atoms with Gasteiger partial charge >= 0.3 is 6.03 Å². The number of hydrogen-bond donors (Lipinski definition) is 2. The van der Waals surface area contributed by atoms with Crippen LogP contribution in [0.15, 0.2) is 72.1 Å². The van der Waals surface area contributed by atoms with E-state index in [1.54, 1.807) is 11.3 Å². The van der Waals surface area contributed by atoms with E-state index in [4.69, 9.17) is 0 Å². The van der Waals surface area contributed by atoms with Crippen LogP contribution in [-0.2, 0) is 17.9 Å². The first-order valence-electron chi connectivity index (χ1n) is 10.2. The molecule has 0 unspecified atom stereocenters. The third kappa shape index (κ3) is 4.89. The number of amides is 3. The molecule has 30 heavy (non-hydrogen) atoms. The van der Waals surface area contributed by atoms with Gasteiger partial charge in [0.15, 0.2) is 0 Å². The standard InChI is InChI=1S/C24H25N3O2S/c28-22-13-6-14-27(22)17-20-11-5-4-10-19(20)16-25-24(29)26-23(21-12-7-15-30-21)18-8-2-1-3-9-18/h1-5,7-12,15,23H,6,13-14,16-17H2,(H2,25,26,29)/t23-/m1/s1. The highest BCUT2D eigenvalue weighted by molar-refractivity contribution is 7.10. The van der Waals surface area contributed by atoms with Gasteiger partial charge < -0.3 is 15.5 Å². The summed E-state index contributed by atoms with van der Waals surface area (Å²) in [7, 11) is 0. The van der Waals surface area contributed by atoms with Crippen LogP contribution in [0.1, 0.15) is 40.5 Å². The Hall–Kier alpha value is -3.12. The highest BCUT2D eigenvalue weighted by Crippen LogP contribution is 2.26. The lowest BCUT2D eigenvalue weighted by Crippen LogP contribution is -2.38. The van der Waals surface area contributed by atoms with Crippen LogP contribution in [0.2, 0.25) is 0 Å². The zero-order valence-corrected chi connectivity index (χ0v) is 17.5. The zero-order chi connectivity index (χ0) is 20.8. The minimum atomic E-state index is -0.218. The van der Waals surface area contributed by atoms with E-state index < -0.39 is 0 Å². The van der Waals surface area contributed by atoms with Gasteiger partial charge in [0.2, 0.25) is 5.91 Å². The van der Waals surface area contributed by atoms with Crippen molar-refractivity contribution in [2.45, 2.75) is 32.0 Å². The fraction of sp³-hybridized carbons (Fsp3) is 0.250. The highest BCUT2D eigenvalue weighted by Gasteiger charge is 2.21. The van der Waals surface area contributed by atoms with Crippen molar-refractivity contribution < 1.29 is 9.59 Å². The normalized spacial score (nSPS) is 14.5. The van der Waals surface area contributed by atoms with Crippen molar-refractivity contribution >= 4 is 23.3 Å². The lowest BCUT2D eigenvalue weighted by Gasteiger charge is -2.20. The summed E-state index contributed by atoms with van der Waals surface area (Å²) in [6.45, 7) is 1.82. The number of benzene rings is 2. The van der Waals surface area contributed by atoms with Gasteiger partial charge in [-0.3, -0.25) is 4.79 Å². The summed E-state index contributed by atoms with van der Waals surface area (Å²) in [5.74, 6) is 0.206. The van der Waals surface area contributed by atoms with Gasteiger partial charge in [-0.1, -0.05) is 60.7 Å². The zero-order valence-electron chi connectivity index (χ0n) is 16.7. The molecule has 0 spiro atoms. The van der Waals surface area contributed by atoms with E-state index in [1.165, 1.54) is 0 Å². The number of urea groups is 1. The van der Waals surface area contributed by atoms with E-state index in [-0.39, 0.29) is 18.0 Å². The number of carbonyl (C=O) groups is 2. The van der Waals surface area contributed by atoms with Crippen molar-refractivity contribution in [1.82, 2.24) is 15.5 Å². The highest BCUT2D eigenvalue weighted by atomic mass is 32.1. The summed E-state index contributed by atoms with van der Waals surface area (Å²) in [6, 6.07) is 21.5. The minimum absolute atomic E-state index is 0.191. The number of thiophene rings is 1. The van der Waals surface area contributed by atoms with Gasteiger partial charge in [0.25, 0.3) is 0 Å². The SMILES string of the molecule is O=C(NCc1ccccc1CN1CCCC1=O)N[C@H](c1ccccc1)c1cccs1. The average Bonchev–Trinajstić information content (AvgIpc) is 3.44. The molecule has 4 rings (SSSR count). The maximum absolute atomic E-state index is 12.7. The van der Waals surface area contributed by atoms with Gasteiger partial charge in [-0.05, 0) is 34.6 Å². The number of nitrogens with one attached hydrogen (secondary N) is 2. The van der Waals surface area contributed by atoms with Gasteiger partial charge in [0.1, 0.15) is 0 Å². The maximum Gasteiger partial charge on any atom is 0.315 e. The van der Waals surface area contributed by atoms with E-state index >= 15 is 0 Å². The Morgan fingerprint density at radius 3 is 2.47 bits per heavy atom. The van der Waals surface area contributed by atoms with Crippen LogP contribution in [0, 0.1) is 0 Å². The van der Waals surface area contributed by atoms with Crippen LogP contribution >= 0.6 is 11.3 Å². The first kappa shape index (κ1) is 20.2. The molecule has 6 heteroatoms. The third-order valence-corrected chi connectivity index (χ3v) is 6.26. The van der Waals surface area contributed by atoms with Gasteiger partial charge in [-0.2, -0.15) is 0 Å². The van der Waals surface area contributed by atoms with Crippen LogP contribution in [-0.4, -0.2) is 23.4 Å². The Morgan fingerprint density at radius 2 is 1.77 bits per heavy atom. The first-order valence-corrected chi connectivity index (χ1v) is 11.1. The average molecular weight is 420 g/mol. The molecule has 0 saturated carbocycles. The molecule has 0 radical (unpaired) electrons. The van der Waals surface area contributed by atoms with Crippen LogP contribution in [0.4, 0.5) is 4.79 Å². The van der Waals surface area contributed by atoms with Crippen molar-refractivity contribution in [3.63, 3.8) is 0 Å². The molecule has 1 aliphatic heterocycles. The summed E-state index contributed by atoms with van der Waals surface area (Å²) < 4.78 is 0. The molecule has 1 atom stereocenters. The molecule has 5 nitrogen and oxygen atoms in total. The van der Waals surface area contributed by atoms with Crippen molar-refractivity contribution in [1.29, 1.82) is 0 Å². The van der Waals surface area contributed by atoms with E-state index in [1.807, 2.05) is 77.0 Å². The molecule has 154 valence electrons. The van der Waals surface area contributed by atoms with E-state index in [9.17, 15) is 9.59 Å². The molecular formula is C24H25N3O2S. The minimum Gasteiger partial charge on any atom is -0.338 e. The molecule has 3 amide bonds. The fourth-order valence-corrected chi connectivity index (χ4v) is 4.54. The first-order chi connectivity index (χ1) is 14.7. The second kappa shape index (κ2) is 9.59. The summed E-state index contributed by atoms with van der Waals surface area (Å²) in [5, 5.41) is 8.10. The summed E-state index contributed by atoms with van der Waals surface area (Å²) in [4.78, 5) is 27.7. The number of carbonyl (C=O) groups excluding carboxylic acids is 2. The van der Waals surface area contributed by atoms with Crippen molar-refractivity contribution in [2.24, 2.45) is 0 Å². The predicted octanol–water partition coefficient (Wildman–Crippen LogP) is 4.46. The van der Waals surface area contributed by atoms with Gasteiger partial charge in [0.05, 0.1) is 6.04 Å². The van der Waals surface area contributed by atoms with Crippen LogP contribution < -0.4 is 10.6 Å². The summed E-state index contributed by atoms with van der Waals surface area (Å²) in [5.41, 5.74) is 3.15. The van der Waals surface area contributed by atoms with E-state index in [2.05, 4.69) is 10.6 Å². The Bertz CT molecular complexity index is 989. The van der Waals surface area contributed by atoms with Gasteiger partial charge in [-0.15, -0.1) is 11.3 Å². The number of likely N-dealkylation sites (tertiary alicyclic amines) is 1. The molecule has 3 aromatic rings. The van der Waals surface area contributed by atoms with Crippen LogP contribution in [0.5, 0.6) is 0 Å². The topological polar surface area (TPSA) is 61.4 Å². The Morgan fingerprint density at radius 1 is 1.00 bits per heavy atom. The third-order valence-electron chi connectivity index (χ3n) is 5.33. The smallest absolute Gasteiger partial charge is 0.315 e. The maximum atomic E-state index is 12.7. The van der Waals surface area contributed by atoms with E-state index in [0.29, 0.717) is 19.5 Å². The van der Waals surface area contributed by atoms with Crippen molar-refractivity contribution in [3.8, 4) is 0 Å². The van der Waals surface area contributed by atoms with Crippen molar-refractivity contribution in [2.75, 3.05) is 6.54 Å². The molecule has 0 aliphatic carbocycles. The van der Waals surface area contributed by atoms with Crippen molar-refractivity contribution in [3.05, 3.63) is 93.7 Å². The lowest BCUT2D eigenvalue weighted by molar-refractivity contribution is -0.128. The molecular weight excluding hydrogens is 394 g/mol. The lowest BCUT2D eigenvalue weighted by atomic mass is 10.1. The molecule has 1 aliphatic rings. The second-order valence-corrected chi connectivity index (χ2v) is 8.35. The summed E-state index contributed by atoms with van der Waals surface area (Å²) in [6.07, 6.45) is 1.55. The predicted molar refractivity (Wildman–Crippen MR) is 119 cm³/mol. The molecule has 2 N–H and O–H groups in total. The number of rotatable bonds is 7. The molecule has 1 saturated heterocycles. The van der Waals surface area contributed by atoms with Gasteiger partial charge in [0, 0.05) is 30.9 Å². The Kier molecular flexibility index (Phi) is 6.44. The number of nitrogens with zero attached hydrogens (tertiary/aromatic N) is 1. The Balaban J connectivity index is 1.41. The molecule has 1 fully saturated rings. The fourth-order valence-electron chi connectivity index (χ4n) is 3.74. The molecule has 2 heterocycles. The monoisotopic (exact) mass is 419 g/mol. The largest absolute Gasteiger partial charge is 0.338 e. The molecule has 1 aromatic heterocycles. The number of hydrogen-bond acceptors (Lipinski definition) is 3. The quantitative estimate of drug-likeness (QED) is 0.594. The van der Waals surface area contributed by atoms with Crippen LogP contribution in [0.25, 0.3) is 0 Å². The summed E-state index contributed by atoms with van der Waals surface area (Å²) >= 11 is 1.62.